The molecule has 0 N–H and O–H groups in total. The Bertz CT molecular complexity index is 646. The van der Waals surface area contributed by atoms with E-state index in [2.05, 4.69) is 11.2 Å². The van der Waals surface area contributed by atoms with Crippen molar-refractivity contribution in [2.45, 2.75) is 0 Å². The second kappa shape index (κ2) is 2.82. The molecule has 3 nitrogen and oxygen atoms in total. The lowest BCUT2D eigenvalue weighted by Gasteiger charge is -1.99. The first-order chi connectivity index (χ1) is 7.38. The van der Waals surface area contributed by atoms with E-state index >= 15 is 0 Å². The number of hydrogen-bond donors (Lipinski definition) is 0. The van der Waals surface area contributed by atoms with E-state index in [-0.39, 0.29) is 0 Å². The molecule has 0 bridgehead atoms. The van der Waals surface area contributed by atoms with Crippen molar-refractivity contribution in [2.75, 3.05) is 0 Å². The molecule has 2 aliphatic heterocycles. The van der Waals surface area contributed by atoms with Gasteiger partial charge in [-0.3, -0.25) is 4.57 Å². The lowest BCUT2D eigenvalue weighted by Crippen LogP contribution is -1.89. The van der Waals surface area contributed by atoms with Crippen LogP contribution in [0.1, 0.15) is 0 Å². The summed E-state index contributed by atoms with van der Waals surface area (Å²) in [4.78, 5) is 4.47. The van der Waals surface area contributed by atoms with Crippen LogP contribution in [0, 0.1) is 11.5 Å². The lowest BCUT2D eigenvalue weighted by atomic mass is 10.1. The first-order valence-corrected chi connectivity index (χ1v) is 4.65. The summed E-state index contributed by atoms with van der Waals surface area (Å²) in [5, 5.41) is 9.89. The molecule has 15 heavy (non-hydrogen) atoms. The van der Waals surface area contributed by atoms with Crippen LogP contribution in [0.4, 0.5) is 0 Å². The van der Waals surface area contributed by atoms with Crippen molar-refractivity contribution in [3.63, 3.8) is 0 Å². The highest BCUT2D eigenvalue weighted by Crippen LogP contribution is 2.29. The van der Waals surface area contributed by atoms with E-state index < -0.39 is 0 Å². The fourth-order valence-corrected chi connectivity index (χ4v) is 1.78. The quantitative estimate of drug-likeness (QED) is 0.550. The normalized spacial score (nSPS) is 10.6. The average molecular weight is 193 g/mol. The first-order valence-electron chi connectivity index (χ1n) is 4.65. The van der Waals surface area contributed by atoms with Gasteiger partial charge in [-0.1, -0.05) is 18.2 Å². The number of fused-ring (bicyclic) bond motifs is 3. The Balaban J connectivity index is 2.47. The van der Waals surface area contributed by atoms with Crippen LogP contribution < -0.4 is 0 Å². The van der Waals surface area contributed by atoms with E-state index in [1.165, 1.54) is 4.57 Å². The van der Waals surface area contributed by atoms with E-state index in [0.29, 0.717) is 0 Å². The Morgan fingerprint density at radius 1 is 1.20 bits per heavy atom. The highest BCUT2D eigenvalue weighted by Gasteiger charge is 2.10. The number of nitrogens with zero attached hydrogens (tertiary/aromatic N) is 3. The third-order valence-electron chi connectivity index (χ3n) is 2.49. The molecule has 2 aliphatic rings. The molecule has 0 amide bonds. The Hall–Kier alpha value is -2.34. The highest BCUT2D eigenvalue weighted by molar-refractivity contribution is 5.96. The minimum absolute atomic E-state index is 0.933. The molecule has 2 heterocycles. The molecular formula is C12H7N3. The fraction of sp³-hybridized carbons (Fsp3) is 0. The summed E-state index contributed by atoms with van der Waals surface area (Å²) in [6.45, 7) is 0. The van der Waals surface area contributed by atoms with Crippen LogP contribution in [0.25, 0.3) is 22.2 Å². The van der Waals surface area contributed by atoms with Crippen molar-refractivity contribution >= 4 is 10.9 Å². The van der Waals surface area contributed by atoms with Crippen LogP contribution in [0.5, 0.6) is 0 Å². The van der Waals surface area contributed by atoms with E-state index in [1.807, 2.05) is 36.5 Å². The first kappa shape index (κ1) is 8.01. The van der Waals surface area contributed by atoms with Gasteiger partial charge >= 0.3 is 0 Å². The van der Waals surface area contributed by atoms with Gasteiger partial charge in [0.1, 0.15) is 0 Å². The minimum Gasteiger partial charge on any atom is -0.262 e. The van der Waals surface area contributed by atoms with E-state index in [4.69, 9.17) is 5.26 Å². The van der Waals surface area contributed by atoms with Crippen molar-refractivity contribution < 1.29 is 0 Å². The summed E-state index contributed by atoms with van der Waals surface area (Å²) in [5.74, 6) is 0. The Labute approximate surface area is 86.5 Å². The van der Waals surface area contributed by atoms with Crippen LogP contribution >= 0.6 is 0 Å². The zero-order chi connectivity index (χ0) is 10.3. The Morgan fingerprint density at radius 3 is 2.93 bits per heavy atom. The monoisotopic (exact) mass is 193 g/mol. The Kier molecular flexibility index (Phi) is 1.51. The van der Waals surface area contributed by atoms with Crippen molar-refractivity contribution in [1.29, 1.82) is 5.26 Å². The van der Waals surface area contributed by atoms with E-state index in [0.717, 1.165) is 22.2 Å². The number of hydrogen-bond acceptors (Lipinski definition) is 2. The van der Waals surface area contributed by atoms with Gasteiger partial charge in [-0.05, 0) is 12.1 Å². The number of pyridine rings is 1. The predicted molar refractivity (Wildman–Crippen MR) is 57.4 cm³/mol. The summed E-state index contributed by atoms with van der Waals surface area (Å²) in [5.41, 5.74) is 2.93. The predicted octanol–water partition coefficient (Wildman–Crippen LogP) is 2.47. The minimum atomic E-state index is 0.933. The van der Waals surface area contributed by atoms with Gasteiger partial charge in [0, 0.05) is 23.3 Å². The third kappa shape index (κ3) is 1.09. The molecule has 3 rings (SSSR count). The smallest absolute Gasteiger partial charge is 0.188 e. The fourth-order valence-electron chi connectivity index (χ4n) is 1.78. The van der Waals surface area contributed by atoms with Crippen LogP contribution in [0.3, 0.4) is 0 Å². The molecule has 0 saturated carbocycles. The van der Waals surface area contributed by atoms with Gasteiger partial charge in [-0.25, -0.2) is 4.98 Å². The van der Waals surface area contributed by atoms with E-state index in [9.17, 15) is 0 Å². The van der Waals surface area contributed by atoms with Gasteiger partial charge in [-0.2, -0.15) is 5.26 Å². The largest absolute Gasteiger partial charge is 0.262 e. The second-order valence-electron chi connectivity index (χ2n) is 3.38. The van der Waals surface area contributed by atoms with Crippen LogP contribution in [-0.2, 0) is 0 Å². The number of para-hydroxylation sites is 1. The van der Waals surface area contributed by atoms with Gasteiger partial charge in [0.15, 0.2) is 6.19 Å². The van der Waals surface area contributed by atoms with Crippen LogP contribution in [-0.4, -0.2) is 9.55 Å². The highest BCUT2D eigenvalue weighted by atomic mass is 14.9. The number of nitriles is 1. The summed E-state index contributed by atoms with van der Waals surface area (Å²) in [7, 11) is 0. The molecule has 0 aliphatic carbocycles. The molecule has 0 atom stereocenters. The summed E-state index contributed by atoms with van der Waals surface area (Å²) in [6.07, 6.45) is 5.59. The molecule has 1 aromatic carbocycles. The van der Waals surface area contributed by atoms with Crippen molar-refractivity contribution in [3.8, 4) is 17.5 Å². The molecule has 0 aromatic heterocycles. The summed E-state index contributed by atoms with van der Waals surface area (Å²) in [6, 6.07) is 9.80. The second-order valence-corrected chi connectivity index (χ2v) is 3.38. The molecule has 0 unspecified atom stereocenters. The van der Waals surface area contributed by atoms with E-state index in [1.54, 1.807) is 6.20 Å². The van der Waals surface area contributed by atoms with Crippen molar-refractivity contribution in [2.24, 2.45) is 0 Å². The van der Waals surface area contributed by atoms with Gasteiger partial charge in [0.25, 0.3) is 0 Å². The lowest BCUT2D eigenvalue weighted by molar-refractivity contribution is 1.07. The molecule has 0 radical (unpaired) electrons. The van der Waals surface area contributed by atoms with Crippen LogP contribution in [0.2, 0.25) is 0 Å². The summed E-state index contributed by atoms with van der Waals surface area (Å²) >= 11 is 0. The van der Waals surface area contributed by atoms with Gasteiger partial charge < -0.3 is 0 Å². The molecule has 0 spiro atoms. The van der Waals surface area contributed by atoms with Gasteiger partial charge in [0.05, 0.1) is 11.2 Å². The molecular weight excluding hydrogens is 186 g/mol. The zero-order valence-corrected chi connectivity index (χ0v) is 7.88. The molecule has 3 heteroatoms. The maximum Gasteiger partial charge on any atom is 0.188 e. The maximum atomic E-state index is 8.80. The third-order valence-corrected chi connectivity index (χ3v) is 2.49. The molecule has 70 valence electrons. The van der Waals surface area contributed by atoms with Crippen LogP contribution in [0.15, 0.2) is 42.7 Å². The maximum absolute atomic E-state index is 8.80. The number of benzene rings is 1. The van der Waals surface area contributed by atoms with Gasteiger partial charge in [0.2, 0.25) is 0 Å². The standard InChI is InChI=1S/C12H7N3/c13-8-15-6-5-12-10(7-15)9-3-1-2-4-11(9)14-12/h1-7H. The van der Waals surface area contributed by atoms with Crippen molar-refractivity contribution in [1.82, 2.24) is 9.55 Å². The molecule has 0 saturated heterocycles. The van der Waals surface area contributed by atoms with Gasteiger partial charge in [-0.15, -0.1) is 0 Å². The molecule has 0 fully saturated rings. The average Bonchev–Trinajstić information content (AvgIpc) is 2.66. The van der Waals surface area contributed by atoms with Crippen molar-refractivity contribution in [3.05, 3.63) is 42.7 Å². The number of aromatic nitrogens is 2. The Morgan fingerprint density at radius 2 is 2.07 bits per heavy atom. The summed E-state index contributed by atoms with van der Waals surface area (Å²) < 4.78 is 1.48. The number of rotatable bonds is 0. The molecule has 1 aromatic rings. The SMILES string of the molecule is N#Cn1ccc2nc3ccccc3c-2c1. The zero-order valence-electron chi connectivity index (χ0n) is 7.88. The topological polar surface area (TPSA) is 41.6 Å².